The standard InChI is InChI=1S/C15H14N4O2S2/c1-8-12(11-7-22-14(16)18-11)23-15(17-8)19-13(20)9-4-3-5-10(6-9)21-2/h3-7H,1-2H3,(H2,16,18)(H,17,19,20). The van der Waals surface area contributed by atoms with Gasteiger partial charge in [-0.25, -0.2) is 9.97 Å². The van der Waals surface area contributed by atoms with Gasteiger partial charge < -0.3 is 10.5 Å². The van der Waals surface area contributed by atoms with Crippen LogP contribution in [-0.2, 0) is 0 Å². The van der Waals surface area contributed by atoms with E-state index in [-0.39, 0.29) is 5.91 Å². The van der Waals surface area contributed by atoms with Gasteiger partial charge in [-0.2, -0.15) is 0 Å². The van der Waals surface area contributed by atoms with Gasteiger partial charge in [0, 0.05) is 10.9 Å². The van der Waals surface area contributed by atoms with Crippen molar-refractivity contribution >= 4 is 38.8 Å². The molecular weight excluding hydrogens is 332 g/mol. The second-order valence-corrected chi connectivity index (χ2v) is 6.58. The predicted octanol–water partition coefficient (Wildman–Crippen LogP) is 3.42. The number of nitrogen functional groups attached to an aromatic ring is 1. The SMILES string of the molecule is COc1cccc(C(=O)Nc2nc(C)c(-c3csc(N)n3)s2)c1. The van der Waals surface area contributed by atoms with E-state index in [0.717, 1.165) is 16.3 Å². The van der Waals surface area contributed by atoms with Crippen molar-refractivity contribution in [3.63, 3.8) is 0 Å². The van der Waals surface area contributed by atoms with E-state index in [1.54, 1.807) is 31.4 Å². The van der Waals surface area contributed by atoms with Gasteiger partial charge in [-0.3, -0.25) is 10.1 Å². The van der Waals surface area contributed by atoms with Crippen molar-refractivity contribution in [3.05, 3.63) is 40.9 Å². The lowest BCUT2D eigenvalue weighted by Crippen LogP contribution is -2.11. The third-order valence-corrected chi connectivity index (χ3v) is 4.87. The number of hydrogen-bond acceptors (Lipinski definition) is 7. The zero-order valence-electron chi connectivity index (χ0n) is 12.5. The van der Waals surface area contributed by atoms with Crippen molar-refractivity contribution < 1.29 is 9.53 Å². The number of ether oxygens (including phenoxy) is 1. The van der Waals surface area contributed by atoms with Crippen LogP contribution < -0.4 is 15.8 Å². The van der Waals surface area contributed by atoms with E-state index in [4.69, 9.17) is 10.5 Å². The normalized spacial score (nSPS) is 10.5. The quantitative estimate of drug-likeness (QED) is 0.755. The minimum absolute atomic E-state index is 0.234. The Bertz CT molecular complexity index is 857. The fraction of sp³-hybridized carbons (Fsp3) is 0.133. The molecule has 2 aromatic heterocycles. The Kier molecular flexibility index (Phi) is 4.26. The molecule has 0 aliphatic carbocycles. The van der Waals surface area contributed by atoms with Gasteiger partial charge in [0.15, 0.2) is 10.3 Å². The zero-order chi connectivity index (χ0) is 16.4. The molecular formula is C15H14N4O2S2. The molecule has 1 aromatic carbocycles. The van der Waals surface area contributed by atoms with Crippen LogP contribution in [0.3, 0.4) is 0 Å². The summed E-state index contributed by atoms with van der Waals surface area (Å²) in [7, 11) is 1.56. The van der Waals surface area contributed by atoms with Gasteiger partial charge in [0.2, 0.25) is 0 Å². The van der Waals surface area contributed by atoms with E-state index in [2.05, 4.69) is 15.3 Å². The highest BCUT2D eigenvalue weighted by Crippen LogP contribution is 2.34. The van der Waals surface area contributed by atoms with E-state index in [0.29, 0.717) is 21.6 Å². The Morgan fingerprint density at radius 1 is 1.35 bits per heavy atom. The third-order valence-electron chi connectivity index (χ3n) is 3.10. The lowest BCUT2D eigenvalue weighted by Gasteiger charge is -2.04. The molecule has 1 amide bonds. The van der Waals surface area contributed by atoms with E-state index < -0.39 is 0 Å². The first-order valence-corrected chi connectivity index (χ1v) is 8.40. The predicted molar refractivity (Wildman–Crippen MR) is 93.3 cm³/mol. The number of aryl methyl sites for hydroxylation is 1. The summed E-state index contributed by atoms with van der Waals surface area (Å²) in [5, 5.41) is 5.72. The summed E-state index contributed by atoms with van der Waals surface area (Å²) in [6.07, 6.45) is 0. The first-order chi connectivity index (χ1) is 11.1. The number of carbonyl (C=O) groups excluding carboxylic acids is 1. The number of nitrogens with two attached hydrogens (primary N) is 1. The van der Waals surface area contributed by atoms with E-state index in [9.17, 15) is 4.79 Å². The Balaban J connectivity index is 1.81. The van der Waals surface area contributed by atoms with Crippen LogP contribution >= 0.6 is 22.7 Å². The summed E-state index contributed by atoms with van der Waals surface area (Å²) in [4.78, 5) is 21.8. The van der Waals surface area contributed by atoms with Crippen molar-refractivity contribution in [2.24, 2.45) is 0 Å². The molecule has 0 bridgehead atoms. The molecule has 0 saturated heterocycles. The number of anilines is 2. The van der Waals surface area contributed by atoms with Crippen molar-refractivity contribution in [3.8, 4) is 16.3 Å². The number of aromatic nitrogens is 2. The van der Waals surface area contributed by atoms with Gasteiger partial charge in [-0.1, -0.05) is 17.4 Å². The topological polar surface area (TPSA) is 90.1 Å². The molecule has 0 unspecified atom stereocenters. The van der Waals surface area contributed by atoms with Crippen molar-refractivity contribution in [2.75, 3.05) is 18.2 Å². The summed E-state index contributed by atoms with van der Waals surface area (Å²) in [6, 6.07) is 6.96. The summed E-state index contributed by atoms with van der Waals surface area (Å²) in [5.41, 5.74) is 7.77. The second-order valence-electron chi connectivity index (χ2n) is 4.69. The fourth-order valence-electron chi connectivity index (χ4n) is 2.01. The van der Waals surface area contributed by atoms with Crippen LogP contribution in [-0.4, -0.2) is 23.0 Å². The largest absolute Gasteiger partial charge is 0.497 e. The molecule has 2 heterocycles. The lowest BCUT2D eigenvalue weighted by molar-refractivity contribution is 0.102. The number of thiazole rings is 2. The number of carbonyl (C=O) groups is 1. The van der Waals surface area contributed by atoms with E-state index >= 15 is 0 Å². The maximum Gasteiger partial charge on any atom is 0.257 e. The number of nitrogens with zero attached hydrogens (tertiary/aromatic N) is 2. The van der Waals surface area contributed by atoms with Gasteiger partial charge in [0.1, 0.15) is 5.75 Å². The molecule has 0 atom stereocenters. The molecule has 3 N–H and O–H groups in total. The maximum atomic E-state index is 12.3. The Morgan fingerprint density at radius 3 is 2.87 bits per heavy atom. The molecule has 3 rings (SSSR count). The average Bonchev–Trinajstić information content (AvgIpc) is 3.13. The highest BCUT2D eigenvalue weighted by atomic mass is 32.1. The molecule has 0 saturated carbocycles. The molecule has 8 heteroatoms. The van der Waals surface area contributed by atoms with Crippen molar-refractivity contribution in [1.82, 2.24) is 9.97 Å². The number of methoxy groups -OCH3 is 1. The molecule has 0 radical (unpaired) electrons. The molecule has 0 aliphatic heterocycles. The minimum atomic E-state index is -0.234. The van der Waals surface area contributed by atoms with Crippen LogP contribution in [0.5, 0.6) is 5.75 Å². The highest BCUT2D eigenvalue weighted by molar-refractivity contribution is 7.19. The van der Waals surface area contributed by atoms with Crippen LogP contribution in [0.4, 0.5) is 10.3 Å². The number of hydrogen-bond donors (Lipinski definition) is 2. The lowest BCUT2D eigenvalue weighted by atomic mass is 10.2. The molecule has 3 aromatic rings. The van der Waals surface area contributed by atoms with Gasteiger partial charge in [-0.15, -0.1) is 11.3 Å². The van der Waals surface area contributed by atoms with Gasteiger partial charge in [-0.05, 0) is 25.1 Å². The van der Waals surface area contributed by atoms with Crippen LogP contribution in [0.15, 0.2) is 29.6 Å². The number of benzene rings is 1. The van der Waals surface area contributed by atoms with Crippen molar-refractivity contribution in [1.29, 1.82) is 0 Å². The zero-order valence-corrected chi connectivity index (χ0v) is 14.1. The van der Waals surface area contributed by atoms with Gasteiger partial charge in [0.25, 0.3) is 5.91 Å². The van der Waals surface area contributed by atoms with Crippen LogP contribution in [0.1, 0.15) is 16.1 Å². The molecule has 0 fully saturated rings. The van der Waals surface area contributed by atoms with E-state index in [1.165, 1.54) is 22.7 Å². The number of amides is 1. The highest BCUT2D eigenvalue weighted by Gasteiger charge is 2.15. The van der Waals surface area contributed by atoms with E-state index in [1.807, 2.05) is 12.3 Å². The fourth-order valence-corrected chi connectivity index (χ4v) is 3.56. The van der Waals surface area contributed by atoms with Crippen LogP contribution in [0.25, 0.3) is 10.6 Å². The minimum Gasteiger partial charge on any atom is -0.497 e. The van der Waals surface area contributed by atoms with Gasteiger partial charge in [0.05, 0.1) is 23.4 Å². The Labute approximate surface area is 141 Å². The van der Waals surface area contributed by atoms with Gasteiger partial charge >= 0.3 is 0 Å². The molecule has 118 valence electrons. The summed E-state index contributed by atoms with van der Waals surface area (Å²) < 4.78 is 5.13. The molecule has 23 heavy (non-hydrogen) atoms. The van der Waals surface area contributed by atoms with Crippen LogP contribution in [0, 0.1) is 6.92 Å². The number of nitrogens with one attached hydrogen (secondary N) is 1. The summed E-state index contributed by atoms with van der Waals surface area (Å²) in [6.45, 7) is 1.88. The summed E-state index contributed by atoms with van der Waals surface area (Å²) >= 11 is 2.75. The average molecular weight is 346 g/mol. The van der Waals surface area contributed by atoms with Crippen LogP contribution in [0.2, 0.25) is 0 Å². The first kappa shape index (κ1) is 15.4. The molecule has 0 spiro atoms. The monoisotopic (exact) mass is 346 g/mol. The van der Waals surface area contributed by atoms with Crippen molar-refractivity contribution in [2.45, 2.75) is 6.92 Å². The molecule has 0 aliphatic rings. The third kappa shape index (κ3) is 3.33. The smallest absolute Gasteiger partial charge is 0.257 e. The maximum absolute atomic E-state index is 12.3. The first-order valence-electron chi connectivity index (χ1n) is 6.71. The molecule has 6 nitrogen and oxygen atoms in total. The summed E-state index contributed by atoms with van der Waals surface area (Å²) in [5.74, 6) is 0.397. The second kappa shape index (κ2) is 6.35. The Morgan fingerprint density at radius 2 is 2.17 bits per heavy atom. The number of rotatable bonds is 4. The Hall–Kier alpha value is -2.45.